The Kier molecular flexibility index (Phi) is 4.26. The molecule has 0 spiro atoms. The molecule has 0 saturated carbocycles. The summed E-state index contributed by atoms with van der Waals surface area (Å²) in [5.41, 5.74) is 3.19. The molecular weight excluding hydrogens is 222 g/mol. The van der Waals surface area contributed by atoms with Gasteiger partial charge in [0.05, 0.1) is 12.6 Å². The summed E-state index contributed by atoms with van der Waals surface area (Å²) in [7, 11) is 0. The van der Waals surface area contributed by atoms with Crippen molar-refractivity contribution in [2.75, 3.05) is 6.54 Å². The predicted octanol–water partition coefficient (Wildman–Crippen LogP) is 3.15. The number of hydrogen-bond donors (Lipinski definition) is 1. The Bertz CT molecular complexity index is 502. The van der Waals surface area contributed by atoms with E-state index in [1.165, 1.54) is 5.56 Å². The number of rotatable bonds is 4. The van der Waals surface area contributed by atoms with Crippen molar-refractivity contribution in [3.63, 3.8) is 0 Å². The zero-order valence-corrected chi connectivity index (χ0v) is 10.5. The minimum atomic E-state index is -0.534. The van der Waals surface area contributed by atoms with Crippen molar-refractivity contribution in [2.45, 2.75) is 13.0 Å². The fourth-order valence-electron chi connectivity index (χ4n) is 1.69. The van der Waals surface area contributed by atoms with Crippen molar-refractivity contribution in [3.05, 3.63) is 71.3 Å². The first-order valence-electron chi connectivity index (χ1n) is 6.05. The van der Waals surface area contributed by atoms with E-state index in [1.807, 2.05) is 42.5 Å². The van der Waals surface area contributed by atoms with E-state index in [-0.39, 0.29) is 0 Å². The highest BCUT2D eigenvalue weighted by molar-refractivity contribution is 5.79. The molecule has 0 unspecified atom stereocenters. The molecule has 2 nitrogen and oxygen atoms in total. The second-order valence-corrected chi connectivity index (χ2v) is 4.33. The van der Waals surface area contributed by atoms with Gasteiger partial charge in [-0.15, -0.1) is 0 Å². The first-order chi connectivity index (χ1) is 8.75. The number of aryl methyl sites for hydroxylation is 1. The molecule has 0 aliphatic carbocycles. The Morgan fingerprint density at radius 1 is 1.06 bits per heavy atom. The molecule has 92 valence electrons. The summed E-state index contributed by atoms with van der Waals surface area (Å²) in [5, 5.41) is 9.93. The lowest BCUT2D eigenvalue weighted by atomic mass is 10.1. The van der Waals surface area contributed by atoms with Gasteiger partial charge >= 0.3 is 0 Å². The van der Waals surface area contributed by atoms with Crippen LogP contribution in [0.4, 0.5) is 0 Å². The monoisotopic (exact) mass is 239 g/mol. The average molecular weight is 239 g/mol. The summed E-state index contributed by atoms with van der Waals surface area (Å²) in [4.78, 5) is 4.27. The van der Waals surface area contributed by atoms with Gasteiger partial charge in [-0.2, -0.15) is 0 Å². The summed E-state index contributed by atoms with van der Waals surface area (Å²) in [6.07, 6.45) is 1.26. The van der Waals surface area contributed by atoms with Crippen LogP contribution in [0.25, 0.3) is 0 Å². The molecule has 18 heavy (non-hydrogen) atoms. The third-order valence-electron chi connectivity index (χ3n) is 2.78. The molecule has 1 N–H and O–H groups in total. The van der Waals surface area contributed by atoms with Gasteiger partial charge in [-0.05, 0) is 18.1 Å². The van der Waals surface area contributed by atoms with Gasteiger partial charge in [0.2, 0.25) is 0 Å². The average Bonchev–Trinajstić information content (AvgIpc) is 2.42. The van der Waals surface area contributed by atoms with E-state index in [1.54, 1.807) is 6.21 Å². The molecule has 0 aromatic heterocycles. The van der Waals surface area contributed by atoms with Gasteiger partial charge in [0.1, 0.15) is 0 Å². The molecule has 2 aromatic carbocycles. The Hall–Kier alpha value is -1.93. The molecule has 0 amide bonds. The number of benzene rings is 2. The fourth-order valence-corrected chi connectivity index (χ4v) is 1.69. The SMILES string of the molecule is Cc1ccc(C=NC[C@@H](O)c2ccccc2)cc1. The summed E-state index contributed by atoms with van der Waals surface area (Å²) < 4.78 is 0. The lowest BCUT2D eigenvalue weighted by molar-refractivity contribution is 0.187. The normalized spacial score (nSPS) is 12.8. The highest BCUT2D eigenvalue weighted by Crippen LogP contribution is 2.12. The summed E-state index contributed by atoms with van der Waals surface area (Å²) in [5.74, 6) is 0. The van der Waals surface area contributed by atoms with Crippen LogP contribution in [0.5, 0.6) is 0 Å². The molecular formula is C16H17NO. The lowest BCUT2D eigenvalue weighted by Gasteiger charge is -2.07. The number of hydrogen-bond acceptors (Lipinski definition) is 2. The quantitative estimate of drug-likeness (QED) is 0.817. The zero-order valence-electron chi connectivity index (χ0n) is 10.5. The minimum absolute atomic E-state index is 0.387. The number of nitrogens with zero attached hydrogens (tertiary/aromatic N) is 1. The van der Waals surface area contributed by atoms with E-state index in [9.17, 15) is 5.11 Å². The van der Waals surface area contributed by atoms with Crippen molar-refractivity contribution >= 4 is 6.21 Å². The van der Waals surface area contributed by atoms with E-state index in [2.05, 4.69) is 24.0 Å². The van der Waals surface area contributed by atoms with E-state index in [0.29, 0.717) is 6.54 Å². The van der Waals surface area contributed by atoms with Crippen LogP contribution in [-0.4, -0.2) is 17.9 Å². The number of aliphatic hydroxyl groups is 1. The second-order valence-electron chi connectivity index (χ2n) is 4.33. The molecule has 2 rings (SSSR count). The molecule has 0 fully saturated rings. The maximum atomic E-state index is 9.93. The molecule has 0 heterocycles. The van der Waals surface area contributed by atoms with E-state index < -0.39 is 6.10 Å². The lowest BCUT2D eigenvalue weighted by Crippen LogP contribution is -2.01. The maximum absolute atomic E-state index is 9.93. The Morgan fingerprint density at radius 2 is 1.72 bits per heavy atom. The molecule has 1 atom stereocenters. The third-order valence-corrected chi connectivity index (χ3v) is 2.78. The Labute approximate surface area is 108 Å². The van der Waals surface area contributed by atoms with Crippen LogP contribution >= 0.6 is 0 Å². The van der Waals surface area contributed by atoms with Gasteiger partial charge in [0.15, 0.2) is 0 Å². The van der Waals surface area contributed by atoms with E-state index in [0.717, 1.165) is 11.1 Å². The van der Waals surface area contributed by atoms with Crippen molar-refractivity contribution in [3.8, 4) is 0 Å². The van der Waals surface area contributed by atoms with Crippen LogP contribution in [0.15, 0.2) is 59.6 Å². The van der Waals surface area contributed by atoms with Crippen LogP contribution in [0, 0.1) is 6.92 Å². The highest BCUT2D eigenvalue weighted by Gasteiger charge is 2.04. The van der Waals surface area contributed by atoms with Crippen molar-refractivity contribution in [2.24, 2.45) is 4.99 Å². The molecule has 2 heteroatoms. The van der Waals surface area contributed by atoms with Crippen molar-refractivity contribution < 1.29 is 5.11 Å². The molecule has 0 radical (unpaired) electrons. The van der Waals surface area contributed by atoms with Gasteiger partial charge in [-0.3, -0.25) is 4.99 Å². The van der Waals surface area contributed by atoms with E-state index in [4.69, 9.17) is 0 Å². The predicted molar refractivity (Wildman–Crippen MR) is 75.0 cm³/mol. The smallest absolute Gasteiger partial charge is 0.0985 e. The van der Waals surface area contributed by atoms with Crippen LogP contribution in [0.3, 0.4) is 0 Å². The summed E-state index contributed by atoms with van der Waals surface area (Å²) in [6.45, 7) is 2.44. The first-order valence-corrected chi connectivity index (χ1v) is 6.05. The van der Waals surface area contributed by atoms with Crippen molar-refractivity contribution in [1.82, 2.24) is 0 Å². The fraction of sp³-hybridized carbons (Fsp3) is 0.188. The minimum Gasteiger partial charge on any atom is -0.386 e. The van der Waals surface area contributed by atoms with Gasteiger partial charge in [0.25, 0.3) is 0 Å². The van der Waals surface area contributed by atoms with Crippen LogP contribution in [0.1, 0.15) is 22.8 Å². The molecule has 2 aromatic rings. The molecule has 0 aliphatic rings. The highest BCUT2D eigenvalue weighted by atomic mass is 16.3. The van der Waals surface area contributed by atoms with Gasteiger partial charge < -0.3 is 5.11 Å². The largest absolute Gasteiger partial charge is 0.386 e. The summed E-state index contributed by atoms with van der Waals surface area (Å²) in [6, 6.07) is 17.7. The van der Waals surface area contributed by atoms with Crippen LogP contribution < -0.4 is 0 Å². The summed E-state index contributed by atoms with van der Waals surface area (Å²) >= 11 is 0. The van der Waals surface area contributed by atoms with E-state index >= 15 is 0 Å². The third kappa shape index (κ3) is 3.54. The van der Waals surface area contributed by atoms with Crippen LogP contribution in [-0.2, 0) is 0 Å². The van der Waals surface area contributed by atoms with Gasteiger partial charge in [0, 0.05) is 6.21 Å². The number of aliphatic hydroxyl groups excluding tert-OH is 1. The second kappa shape index (κ2) is 6.12. The van der Waals surface area contributed by atoms with Gasteiger partial charge in [-0.25, -0.2) is 0 Å². The molecule has 0 aliphatic heterocycles. The van der Waals surface area contributed by atoms with Crippen LogP contribution in [0.2, 0.25) is 0 Å². The number of aliphatic imine (C=N–C) groups is 1. The molecule has 0 saturated heterocycles. The maximum Gasteiger partial charge on any atom is 0.0985 e. The first kappa shape index (κ1) is 12.5. The molecule has 0 bridgehead atoms. The van der Waals surface area contributed by atoms with Gasteiger partial charge in [-0.1, -0.05) is 60.2 Å². The topological polar surface area (TPSA) is 32.6 Å². The van der Waals surface area contributed by atoms with Crippen molar-refractivity contribution in [1.29, 1.82) is 0 Å². The Balaban J connectivity index is 1.93. The standard InChI is InChI=1S/C16H17NO/c1-13-7-9-14(10-8-13)11-17-12-16(18)15-5-3-2-4-6-15/h2-11,16,18H,12H2,1H3/t16-/m1/s1. The Morgan fingerprint density at radius 3 is 2.39 bits per heavy atom. The zero-order chi connectivity index (χ0) is 12.8.